The van der Waals surface area contributed by atoms with E-state index in [0.717, 1.165) is 17.0 Å². The molecule has 7 nitrogen and oxygen atoms in total. The van der Waals surface area contributed by atoms with Crippen LogP contribution in [0.3, 0.4) is 0 Å². The molecule has 0 aliphatic carbocycles. The van der Waals surface area contributed by atoms with Crippen molar-refractivity contribution in [1.82, 2.24) is 24.8 Å². The van der Waals surface area contributed by atoms with E-state index in [1.807, 2.05) is 24.3 Å². The van der Waals surface area contributed by atoms with Crippen molar-refractivity contribution in [3.05, 3.63) is 54.6 Å². The van der Waals surface area contributed by atoms with Gasteiger partial charge in [0.25, 0.3) is 0 Å². The van der Waals surface area contributed by atoms with Gasteiger partial charge in [-0.05, 0) is 17.7 Å². The summed E-state index contributed by atoms with van der Waals surface area (Å²) in [4.78, 5) is 28.8. The molecule has 0 bridgehead atoms. The number of carbonyl (C=O) groups is 1. The Morgan fingerprint density at radius 1 is 1.21 bits per heavy atom. The van der Waals surface area contributed by atoms with Crippen LogP contribution < -0.4 is 4.74 Å². The summed E-state index contributed by atoms with van der Waals surface area (Å²) in [5, 5.41) is 0. The minimum atomic E-state index is -0.00147. The lowest BCUT2D eigenvalue weighted by molar-refractivity contribution is -0.127. The molecule has 1 amide bonds. The number of nitrogens with one attached hydrogen (secondary N) is 1. The number of benzene rings is 1. The summed E-state index contributed by atoms with van der Waals surface area (Å²) in [5.74, 6) is 1.37. The first kappa shape index (κ1) is 15.7. The number of aromatic nitrogens is 4. The first-order chi connectivity index (χ1) is 11.6. The lowest BCUT2D eigenvalue weighted by Gasteiger charge is -2.10. The van der Waals surface area contributed by atoms with Gasteiger partial charge in [-0.15, -0.1) is 0 Å². The Hall–Kier alpha value is -3.22. The van der Waals surface area contributed by atoms with E-state index in [2.05, 4.69) is 19.9 Å². The third kappa shape index (κ3) is 3.75. The third-order valence-corrected chi connectivity index (χ3v) is 3.35. The van der Waals surface area contributed by atoms with Gasteiger partial charge in [-0.25, -0.2) is 15.0 Å². The van der Waals surface area contributed by atoms with Crippen LogP contribution in [0.4, 0.5) is 0 Å². The highest BCUT2D eigenvalue weighted by molar-refractivity contribution is 5.77. The number of H-pyrrole nitrogens is 1. The summed E-state index contributed by atoms with van der Waals surface area (Å²) < 4.78 is 5.67. The Kier molecular flexibility index (Phi) is 4.51. The molecule has 122 valence electrons. The van der Waals surface area contributed by atoms with Crippen molar-refractivity contribution in [2.45, 2.75) is 6.42 Å². The van der Waals surface area contributed by atoms with Crippen molar-refractivity contribution < 1.29 is 9.53 Å². The van der Waals surface area contributed by atoms with Gasteiger partial charge in [0.1, 0.15) is 11.6 Å². The second-order valence-corrected chi connectivity index (χ2v) is 5.41. The van der Waals surface area contributed by atoms with E-state index < -0.39 is 0 Å². The Morgan fingerprint density at radius 3 is 2.67 bits per heavy atom. The molecule has 0 saturated heterocycles. The van der Waals surface area contributed by atoms with Crippen molar-refractivity contribution in [3.63, 3.8) is 0 Å². The fourth-order valence-electron chi connectivity index (χ4n) is 2.06. The predicted molar refractivity (Wildman–Crippen MR) is 88.5 cm³/mol. The van der Waals surface area contributed by atoms with Gasteiger partial charge in [-0.3, -0.25) is 4.79 Å². The number of imidazole rings is 1. The van der Waals surface area contributed by atoms with Gasteiger partial charge >= 0.3 is 6.01 Å². The molecule has 3 aromatic rings. The monoisotopic (exact) mass is 323 g/mol. The second kappa shape index (κ2) is 6.91. The van der Waals surface area contributed by atoms with E-state index in [0.29, 0.717) is 5.75 Å². The molecule has 1 N–H and O–H groups in total. The standard InChI is InChI=1S/C17H17N5O2/c1-22(2)15(23)8-12-10-20-17(21-11-12)24-14-5-3-4-13(9-14)16-18-6-7-19-16/h3-7,9-11H,8H2,1-2H3,(H,18,19). The molecule has 2 heterocycles. The van der Waals surface area contributed by atoms with Gasteiger partial charge in [0.15, 0.2) is 0 Å². The molecule has 0 fully saturated rings. The Balaban J connectivity index is 1.70. The van der Waals surface area contributed by atoms with Crippen molar-refractivity contribution in [2.24, 2.45) is 0 Å². The van der Waals surface area contributed by atoms with Crippen LogP contribution in [0.1, 0.15) is 5.56 Å². The van der Waals surface area contributed by atoms with Gasteiger partial charge in [0, 0.05) is 44.4 Å². The maximum atomic E-state index is 11.7. The molecule has 0 aliphatic heterocycles. The number of carbonyl (C=O) groups excluding carboxylic acids is 1. The van der Waals surface area contributed by atoms with Crippen LogP contribution in [0.2, 0.25) is 0 Å². The van der Waals surface area contributed by atoms with Crippen LogP contribution in [-0.2, 0) is 11.2 Å². The van der Waals surface area contributed by atoms with E-state index in [1.165, 1.54) is 4.90 Å². The van der Waals surface area contributed by atoms with E-state index >= 15 is 0 Å². The van der Waals surface area contributed by atoms with Gasteiger partial charge in [-0.1, -0.05) is 12.1 Å². The number of rotatable bonds is 5. The maximum Gasteiger partial charge on any atom is 0.321 e. The topological polar surface area (TPSA) is 84.0 Å². The number of hydrogen-bond acceptors (Lipinski definition) is 5. The summed E-state index contributed by atoms with van der Waals surface area (Å²) in [6.07, 6.45) is 6.92. The average Bonchev–Trinajstić information content (AvgIpc) is 3.11. The highest BCUT2D eigenvalue weighted by Gasteiger charge is 2.08. The van der Waals surface area contributed by atoms with Crippen LogP contribution in [-0.4, -0.2) is 44.8 Å². The molecule has 24 heavy (non-hydrogen) atoms. The smallest absolute Gasteiger partial charge is 0.321 e. The SMILES string of the molecule is CN(C)C(=O)Cc1cnc(Oc2cccc(-c3ncc[nH]3)c2)nc1. The van der Waals surface area contributed by atoms with Gasteiger partial charge in [0.05, 0.1) is 6.42 Å². The molecular weight excluding hydrogens is 306 g/mol. The molecule has 7 heteroatoms. The minimum absolute atomic E-state index is 0.00147. The number of hydrogen-bond donors (Lipinski definition) is 1. The summed E-state index contributed by atoms with van der Waals surface area (Å²) in [6, 6.07) is 7.71. The predicted octanol–water partition coefficient (Wildman–Crippen LogP) is 2.29. The van der Waals surface area contributed by atoms with Crippen molar-refractivity contribution in [1.29, 1.82) is 0 Å². The lowest BCUT2D eigenvalue weighted by atomic mass is 10.2. The number of nitrogens with zero attached hydrogens (tertiary/aromatic N) is 4. The Labute approximate surface area is 139 Å². The number of likely N-dealkylation sites (N-methyl/N-ethyl adjacent to an activating group) is 1. The quantitative estimate of drug-likeness (QED) is 0.779. The minimum Gasteiger partial charge on any atom is -0.424 e. The molecule has 3 rings (SSSR count). The summed E-state index contributed by atoms with van der Waals surface area (Å²) in [6.45, 7) is 0. The molecule has 0 radical (unpaired) electrons. The van der Waals surface area contributed by atoms with Crippen LogP contribution >= 0.6 is 0 Å². The molecule has 1 aromatic carbocycles. The molecule has 2 aromatic heterocycles. The molecule has 0 saturated carbocycles. The lowest BCUT2D eigenvalue weighted by Crippen LogP contribution is -2.23. The zero-order valence-electron chi connectivity index (χ0n) is 13.4. The summed E-state index contributed by atoms with van der Waals surface area (Å²) in [5.41, 5.74) is 1.65. The molecule has 0 atom stereocenters. The molecule has 0 aliphatic rings. The van der Waals surface area contributed by atoms with Crippen LogP contribution in [0.15, 0.2) is 49.1 Å². The van der Waals surface area contributed by atoms with Gasteiger partial charge in [0.2, 0.25) is 5.91 Å². The summed E-state index contributed by atoms with van der Waals surface area (Å²) >= 11 is 0. The van der Waals surface area contributed by atoms with E-state index in [4.69, 9.17) is 4.74 Å². The third-order valence-electron chi connectivity index (χ3n) is 3.35. The van der Waals surface area contributed by atoms with E-state index in [-0.39, 0.29) is 18.3 Å². The van der Waals surface area contributed by atoms with E-state index in [1.54, 1.807) is 38.9 Å². The normalized spacial score (nSPS) is 10.4. The highest BCUT2D eigenvalue weighted by Crippen LogP contribution is 2.23. The highest BCUT2D eigenvalue weighted by atomic mass is 16.5. The maximum absolute atomic E-state index is 11.7. The largest absolute Gasteiger partial charge is 0.424 e. The number of ether oxygens (including phenoxy) is 1. The average molecular weight is 323 g/mol. The van der Waals surface area contributed by atoms with E-state index in [9.17, 15) is 4.79 Å². The van der Waals surface area contributed by atoms with Crippen LogP contribution in [0.25, 0.3) is 11.4 Å². The summed E-state index contributed by atoms with van der Waals surface area (Å²) in [7, 11) is 3.43. The zero-order chi connectivity index (χ0) is 16.9. The van der Waals surface area contributed by atoms with Crippen molar-refractivity contribution >= 4 is 5.91 Å². The number of aromatic amines is 1. The Morgan fingerprint density at radius 2 is 2.00 bits per heavy atom. The molecule has 0 unspecified atom stereocenters. The van der Waals surface area contributed by atoms with Crippen molar-refractivity contribution in [3.8, 4) is 23.1 Å². The van der Waals surface area contributed by atoms with Gasteiger partial charge < -0.3 is 14.6 Å². The fourth-order valence-corrected chi connectivity index (χ4v) is 2.06. The molecular formula is C17H17N5O2. The Bertz CT molecular complexity index is 813. The number of amides is 1. The second-order valence-electron chi connectivity index (χ2n) is 5.41. The zero-order valence-corrected chi connectivity index (χ0v) is 13.4. The van der Waals surface area contributed by atoms with Gasteiger partial charge in [-0.2, -0.15) is 0 Å². The van der Waals surface area contributed by atoms with Crippen LogP contribution in [0.5, 0.6) is 11.8 Å². The van der Waals surface area contributed by atoms with Crippen LogP contribution in [0, 0.1) is 0 Å². The fraction of sp³-hybridized carbons (Fsp3) is 0.176. The molecule has 0 spiro atoms. The first-order valence-corrected chi connectivity index (χ1v) is 7.40. The first-order valence-electron chi connectivity index (χ1n) is 7.40. The van der Waals surface area contributed by atoms with Crippen molar-refractivity contribution in [2.75, 3.05) is 14.1 Å².